The van der Waals surface area contributed by atoms with Gasteiger partial charge in [-0.2, -0.15) is 0 Å². The third-order valence-corrected chi connectivity index (χ3v) is 0.968. The molecule has 0 unspecified atom stereocenters. The van der Waals surface area contributed by atoms with E-state index < -0.39 is 5.97 Å². The normalized spacial score (nSPS) is 9.18. The lowest BCUT2D eigenvalue weighted by molar-refractivity contribution is -0.186. The molecule has 11 heavy (non-hydrogen) atoms. The molecule has 0 saturated carbocycles. The Bertz CT molecular complexity index is 125. The van der Waals surface area contributed by atoms with Gasteiger partial charge in [-0.05, 0) is 12.1 Å². The van der Waals surface area contributed by atoms with Crippen LogP contribution in [0.25, 0.3) is 0 Å². The Labute approximate surface area is 66.1 Å². The molecule has 0 aliphatic rings. The number of carbonyl (C=O) groups excluding carboxylic acids is 1. The van der Waals surface area contributed by atoms with Crippen LogP contribution in [-0.4, -0.2) is 12.6 Å². The van der Waals surface area contributed by atoms with Crippen LogP contribution < -0.4 is 5.64 Å². The van der Waals surface area contributed by atoms with E-state index in [0.29, 0.717) is 6.61 Å². The first kappa shape index (κ1) is 10.1. The molecule has 0 aromatic heterocycles. The maximum Gasteiger partial charge on any atom is 0.351 e. The van der Waals surface area contributed by atoms with Gasteiger partial charge in [0.15, 0.2) is 0 Å². The van der Waals surface area contributed by atoms with Crippen molar-refractivity contribution < 1.29 is 14.5 Å². The molecule has 0 bridgehead atoms. The zero-order chi connectivity index (χ0) is 8.53. The van der Waals surface area contributed by atoms with Crippen molar-refractivity contribution in [3.63, 3.8) is 0 Å². The Morgan fingerprint density at radius 2 is 2.45 bits per heavy atom. The summed E-state index contributed by atoms with van der Waals surface area (Å²) < 4.78 is 0. The van der Waals surface area contributed by atoms with Gasteiger partial charge in [-0.15, -0.1) is 0 Å². The lowest BCUT2D eigenvalue weighted by Gasteiger charge is -2.02. The Kier molecular flexibility index (Phi) is 6.67. The topological polar surface area (TPSA) is 47.6 Å². The van der Waals surface area contributed by atoms with Gasteiger partial charge in [0, 0.05) is 6.08 Å². The van der Waals surface area contributed by atoms with E-state index in [2.05, 4.69) is 17.1 Å². The largest absolute Gasteiger partial charge is 0.351 e. The average Bonchev–Trinajstić information content (AvgIpc) is 2.04. The lowest BCUT2D eigenvalue weighted by atomic mass is 10.4. The van der Waals surface area contributed by atoms with Crippen LogP contribution in [0.5, 0.6) is 0 Å². The summed E-state index contributed by atoms with van der Waals surface area (Å²) in [5.41, 5.74) is 2.05. The highest BCUT2D eigenvalue weighted by Gasteiger charge is 1.92. The molecule has 0 aromatic rings. The first-order chi connectivity index (χ1) is 5.31. The molecule has 0 saturated heterocycles. The van der Waals surface area contributed by atoms with Crippen molar-refractivity contribution in [1.29, 1.82) is 0 Å². The molecule has 0 aliphatic heterocycles. The van der Waals surface area contributed by atoms with E-state index >= 15 is 0 Å². The van der Waals surface area contributed by atoms with Gasteiger partial charge in [-0.1, -0.05) is 19.9 Å². The fourth-order valence-corrected chi connectivity index (χ4v) is 0.370. The van der Waals surface area contributed by atoms with Crippen LogP contribution in [0.1, 0.15) is 19.8 Å². The van der Waals surface area contributed by atoms with E-state index in [4.69, 9.17) is 4.84 Å². The Morgan fingerprint density at radius 1 is 1.73 bits per heavy atom. The maximum atomic E-state index is 10.4. The Hall–Kier alpha value is -0.870. The summed E-state index contributed by atoms with van der Waals surface area (Å²) in [6.07, 6.45) is 3.02. The molecule has 0 aliphatic carbocycles. The number of hydrogen-bond acceptors (Lipinski definition) is 4. The van der Waals surface area contributed by atoms with E-state index in [-0.39, 0.29) is 0 Å². The summed E-state index contributed by atoms with van der Waals surface area (Å²) in [5.74, 6) is -0.554. The van der Waals surface area contributed by atoms with E-state index in [1.165, 1.54) is 0 Å². The molecule has 0 aromatic carbocycles. The van der Waals surface area contributed by atoms with Gasteiger partial charge in [-0.25, -0.2) is 4.79 Å². The molecule has 0 spiro atoms. The Morgan fingerprint density at radius 3 is 3.00 bits per heavy atom. The van der Waals surface area contributed by atoms with E-state index in [1.54, 1.807) is 0 Å². The number of carbonyl (C=O) groups is 1. The highest BCUT2D eigenvalue weighted by molar-refractivity contribution is 5.80. The van der Waals surface area contributed by atoms with Crippen LogP contribution in [0.4, 0.5) is 0 Å². The molecular formula is C7H13NO3. The molecule has 4 heteroatoms. The zero-order valence-corrected chi connectivity index (χ0v) is 6.63. The predicted octanol–water partition coefficient (Wildman–Crippen LogP) is 0.952. The fourth-order valence-electron chi connectivity index (χ4n) is 0.370. The monoisotopic (exact) mass is 159 g/mol. The quantitative estimate of drug-likeness (QED) is 0.356. The van der Waals surface area contributed by atoms with Crippen LogP contribution >= 0.6 is 0 Å². The van der Waals surface area contributed by atoms with Gasteiger partial charge in [0.25, 0.3) is 0 Å². The first-order valence-electron chi connectivity index (χ1n) is 3.51. The van der Waals surface area contributed by atoms with Crippen LogP contribution in [0.15, 0.2) is 12.7 Å². The lowest BCUT2D eigenvalue weighted by Crippen LogP contribution is -2.19. The number of hydrogen-bond donors (Lipinski definition) is 1. The second-order valence-corrected chi connectivity index (χ2v) is 1.91. The van der Waals surface area contributed by atoms with Crippen LogP contribution in [-0.2, 0) is 14.5 Å². The highest BCUT2D eigenvalue weighted by atomic mass is 16.9. The molecule has 0 atom stereocenters. The van der Waals surface area contributed by atoms with Gasteiger partial charge in [0.05, 0.1) is 6.61 Å². The van der Waals surface area contributed by atoms with E-state index in [0.717, 1.165) is 18.9 Å². The molecule has 4 nitrogen and oxygen atoms in total. The molecule has 0 amide bonds. The molecule has 0 radical (unpaired) electrons. The van der Waals surface area contributed by atoms with Gasteiger partial charge < -0.3 is 4.84 Å². The summed E-state index contributed by atoms with van der Waals surface area (Å²) >= 11 is 0. The van der Waals surface area contributed by atoms with Crippen LogP contribution in [0, 0.1) is 0 Å². The summed E-state index contributed by atoms with van der Waals surface area (Å²) in [5, 5.41) is 0. The van der Waals surface area contributed by atoms with Crippen molar-refractivity contribution in [2.75, 3.05) is 6.61 Å². The van der Waals surface area contributed by atoms with Gasteiger partial charge in [0.2, 0.25) is 0 Å². The van der Waals surface area contributed by atoms with E-state index in [1.807, 2.05) is 6.92 Å². The third-order valence-electron chi connectivity index (χ3n) is 0.968. The minimum atomic E-state index is -0.554. The predicted molar refractivity (Wildman–Crippen MR) is 40.3 cm³/mol. The van der Waals surface area contributed by atoms with Crippen LogP contribution in [0.2, 0.25) is 0 Å². The molecule has 64 valence electrons. The molecular weight excluding hydrogens is 146 g/mol. The van der Waals surface area contributed by atoms with Crippen molar-refractivity contribution >= 4 is 5.97 Å². The van der Waals surface area contributed by atoms with Gasteiger partial charge in [-0.3, -0.25) is 4.84 Å². The SMILES string of the molecule is C=CC(=O)ONOCCCC. The fraction of sp³-hybridized carbons (Fsp3) is 0.571. The smallest absolute Gasteiger partial charge is 0.341 e. The Balaban J connectivity index is 3.01. The molecule has 0 heterocycles. The van der Waals surface area contributed by atoms with Crippen molar-refractivity contribution in [2.24, 2.45) is 0 Å². The van der Waals surface area contributed by atoms with Gasteiger partial charge >= 0.3 is 5.97 Å². The first-order valence-corrected chi connectivity index (χ1v) is 3.51. The maximum absolute atomic E-state index is 10.4. The molecule has 0 fully saturated rings. The van der Waals surface area contributed by atoms with Crippen molar-refractivity contribution in [2.45, 2.75) is 19.8 Å². The molecule has 1 N–H and O–H groups in total. The second-order valence-electron chi connectivity index (χ2n) is 1.91. The number of unbranched alkanes of at least 4 members (excludes halogenated alkanes) is 1. The van der Waals surface area contributed by atoms with Crippen molar-refractivity contribution in [1.82, 2.24) is 5.64 Å². The highest BCUT2D eigenvalue weighted by Crippen LogP contribution is 1.85. The third kappa shape index (κ3) is 7.02. The van der Waals surface area contributed by atoms with E-state index in [9.17, 15) is 4.79 Å². The molecule has 0 rings (SSSR count). The second kappa shape index (κ2) is 7.24. The number of nitrogens with one attached hydrogen (secondary N) is 1. The summed E-state index contributed by atoms with van der Waals surface area (Å²) in [7, 11) is 0. The minimum Gasteiger partial charge on any atom is -0.341 e. The summed E-state index contributed by atoms with van der Waals surface area (Å²) in [6.45, 7) is 5.78. The zero-order valence-electron chi connectivity index (χ0n) is 6.63. The summed E-state index contributed by atoms with van der Waals surface area (Å²) in [4.78, 5) is 19.4. The van der Waals surface area contributed by atoms with Gasteiger partial charge in [0.1, 0.15) is 0 Å². The van der Waals surface area contributed by atoms with Crippen LogP contribution in [0.3, 0.4) is 0 Å². The number of rotatable bonds is 6. The van der Waals surface area contributed by atoms with Crippen molar-refractivity contribution in [3.05, 3.63) is 12.7 Å². The standard InChI is InChI=1S/C7H13NO3/c1-3-5-6-10-8-11-7(9)4-2/h4,8H,2-3,5-6H2,1H3. The minimum absolute atomic E-state index is 0.529. The van der Waals surface area contributed by atoms with Crippen molar-refractivity contribution in [3.8, 4) is 0 Å². The average molecular weight is 159 g/mol. The summed E-state index contributed by atoms with van der Waals surface area (Å²) in [6, 6.07) is 0.